The van der Waals surface area contributed by atoms with E-state index in [2.05, 4.69) is 4.98 Å². The highest BCUT2D eigenvalue weighted by atomic mass is 32.1. The van der Waals surface area contributed by atoms with E-state index in [1.54, 1.807) is 6.92 Å². The van der Waals surface area contributed by atoms with E-state index in [1.165, 1.54) is 52.6 Å². The summed E-state index contributed by atoms with van der Waals surface area (Å²) in [5.41, 5.74) is 1.18. The summed E-state index contributed by atoms with van der Waals surface area (Å²) < 4.78 is 26.8. The SMILES string of the molecule is Cc1nc(N2C(=O)C(=O)/C(=C(/O)c3ccc(F)cc3)[C@H]2c2ccc(F)cc2)sc1C. The fraction of sp³-hybridized carbons (Fsp3) is 0.136. The highest BCUT2D eigenvalue weighted by Crippen LogP contribution is 2.43. The van der Waals surface area contributed by atoms with Gasteiger partial charge in [-0.25, -0.2) is 13.8 Å². The van der Waals surface area contributed by atoms with Gasteiger partial charge in [-0.3, -0.25) is 14.5 Å². The second-order valence-corrected chi connectivity index (χ2v) is 8.05. The molecule has 2 aromatic carbocycles. The average molecular weight is 426 g/mol. The number of Topliss-reactive ketones (excluding diaryl/α,β-unsaturated/α-hetero) is 1. The summed E-state index contributed by atoms with van der Waals surface area (Å²) in [6, 6.07) is 9.25. The Bertz CT molecular complexity index is 1160. The summed E-state index contributed by atoms with van der Waals surface area (Å²) in [5.74, 6) is -3.15. The zero-order valence-corrected chi connectivity index (χ0v) is 16.8. The molecule has 8 heteroatoms. The zero-order valence-electron chi connectivity index (χ0n) is 16.0. The Morgan fingerprint density at radius 1 is 1.00 bits per heavy atom. The number of hydrogen-bond acceptors (Lipinski definition) is 5. The second kappa shape index (κ2) is 7.46. The van der Waals surface area contributed by atoms with Gasteiger partial charge in [0.1, 0.15) is 17.4 Å². The third-order valence-corrected chi connectivity index (χ3v) is 6.04. The summed E-state index contributed by atoms with van der Waals surface area (Å²) in [6.45, 7) is 3.63. The highest BCUT2D eigenvalue weighted by Gasteiger charge is 2.48. The Balaban J connectivity index is 1.94. The zero-order chi connectivity index (χ0) is 21.6. The summed E-state index contributed by atoms with van der Waals surface area (Å²) in [5, 5.41) is 11.2. The number of aromatic nitrogens is 1. The summed E-state index contributed by atoms with van der Waals surface area (Å²) in [4.78, 5) is 32.4. The number of benzene rings is 2. The van der Waals surface area contributed by atoms with Crippen molar-refractivity contribution in [1.29, 1.82) is 0 Å². The molecular weight excluding hydrogens is 410 g/mol. The molecule has 5 nitrogen and oxygen atoms in total. The summed E-state index contributed by atoms with van der Waals surface area (Å²) in [6.07, 6.45) is 0. The number of rotatable bonds is 3. The first-order valence-electron chi connectivity index (χ1n) is 9.04. The first kappa shape index (κ1) is 19.9. The number of amides is 1. The molecule has 0 aliphatic carbocycles. The maximum absolute atomic E-state index is 13.5. The molecule has 1 aliphatic rings. The maximum atomic E-state index is 13.5. The molecule has 30 heavy (non-hydrogen) atoms. The number of aliphatic hydroxyl groups is 1. The molecule has 1 atom stereocenters. The van der Waals surface area contributed by atoms with Gasteiger partial charge in [0.2, 0.25) is 0 Å². The molecule has 152 valence electrons. The minimum Gasteiger partial charge on any atom is -0.507 e. The molecule has 0 bridgehead atoms. The van der Waals surface area contributed by atoms with Gasteiger partial charge in [0, 0.05) is 10.4 Å². The predicted molar refractivity (Wildman–Crippen MR) is 109 cm³/mol. The van der Waals surface area contributed by atoms with E-state index >= 15 is 0 Å². The Kier molecular flexibility index (Phi) is 4.95. The van der Waals surface area contributed by atoms with Crippen LogP contribution in [0, 0.1) is 25.5 Å². The number of thiazole rings is 1. The molecule has 2 heterocycles. The number of halogens is 2. The van der Waals surface area contributed by atoms with Crippen LogP contribution in [0.2, 0.25) is 0 Å². The monoisotopic (exact) mass is 426 g/mol. The minimum absolute atomic E-state index is 0.163. The van der Waals surface area contributed by atoms with E-state index in [1.807, 2.05) is 6.92 Å². The maximum Gasteiger partial charge on any atom is 0.301 e. The fourth-order valence-corrected chi connectivity index (χ4v) is 4.25. The van der Waals surface area contributed by atoms with Gasteiger partial charge >= 0.3 is 5.91 Å². The number of anilines is 1. The molecular formula is C22H16F2N2O3S. The highest BCUT2D eigenvalue weighted by molar-refractivity contribution is 7.16. The van der Waals surface area contributed by atoms with Gasteiger partial charge in [-0.1, -0.05) is 12.1 Å². The number of ketones is 1. The van der Waals surface area contributed by atoms with E-state index in [0.29, 0.717) is 16.4 Å². The van der Waals surface area contributed by atoms with Crippen molar-refractivity contribution in [1.82, 2.24) is 4.98 Å². The van der Waals surface area contributed by atoms with Crippen LogP contribution in [0.3, 0.4) is 0 Å². The Hall–Kier alpha value is -3.39. The number of carbonyl (C=O) groups is 2. The van der Waals surface area contributed by atoms with E-state index in [9.17, 15) is 23.5 Å². The van der Waals surface area contributed by atoms with E-state index in [4.69, 9.17) is 0 Å². The van der Waals surface area contributed by atoms with Crippen LogP contribution in [-0.2, 0) is 9.59 Å². The first-order chi connectivity index (χ1) is 14.3. The molecule has 1 amide bonds. The van der Waals surface area contributed by atoms with Gasteiger partial charge in [-0.15, -0.1) is 11.3 Å². The number of carbonyl (C=O) groups excluding carboxylic acids is 2. The average Bonchev–Trinajstić information content (AvgIpc) is 3.18. The van der Waals surface area contributed by atoms with Crippen molar-refractivity contribution in [3.63, 3.8) is 0 Å². The van der Waals surface area contributed by atoms with Crippen LogP contribution in [0.4, 0.5) is 13.9 Å². The van der Waals surface area contributed by atoms with Crippen LogP contribution in [0.5, 0.6) is 0 Å². The van der Waals surface area contributed by atoms with Gasteiger partial charge < -0.3 is 5.11 Å². The van der Waals surface area contributed by atoms with Crippen LogP contribution in [-0.4, -0.2) is 21.8 Å². The third-order valence-electron chi connectivity index (χ3n) is 4.97. The molecule has 1 N–H and O–H groups in total. The van der Waals surface area contributed by atoms with Crippen molar-refractivity contribution in [3.8, 4) is 0 Å². The van der Waals surface area contributed by atoms with Crippen LogP contribution in [0.15, 0.2) is 54.1 Å². The molecule has 0 unspecified atom stereocenters. The van der Waals surface area contributed by atoms with E-state index in [0.717, 1.165) is 17.0 Å². The van der Waals surface area contributed by atoms with Gasteiger partial charge in [-0.05, 0) is 55.8 Å². The van der Waals surface area contributed by atoms with E-state index < -0.39 is 35.1 Å². The van der Waals surface area contributed by atoms with Crippen molar-refractivity contribution in [2.75, 3.05) is 4.90 Å². The molecule has 1 saturated heterocycles. The van der Waals surface area contributed by atoms with E-state index in [-0.39, 0.29) is 11.1 Å². The molecule has 1 aromatic heterocycles. The molecule has 3 aromatic rings. The molecule has 1 fully saturated rings. The topological polar surface area (TPSA) is 70.5 Å². The van der Waals surface area contributed by atoms with Crippen molar-refractivity contribution in [2.24, 2.45) is 0 Å². The number of aryl methyl sites for hydroxylation is 2. The van der Waals surface area contributed by atoms with Gasteiger partial charge in [-0.2, -0.15) is 0 Å². The summed E-state index contributed by atoms with van der Waals surface area (Å²) in [7, 11) is 0. The smallest absolute Gasteiger partial charge is 0.301 e. The Morgan fingerprint density at radius 2 is 1.57 bits per heavy atom. The number of hydrogen-bond donors (Lipinski definition) is 1. The lowest BCUT2D eigenvalue weighted by Crippen LogP contribution is -2.29. The second-order valence-electron chi connectivity index (χ2n) is 6.87. The van der Waals surface area contributed by atoms with Crippen LogP contribution >= 0.6 is 11.3 Å². The number of aliphatic hydroxyl groups excluding tert-OH is 1. The van der Waals surface area contributed by atoms with Crippen molar-refractivity contribution >= 4 is 33.9 Å². The molecule has 0 saturated carbocycles. The van der Waals surface area contributed by atoms with Crippen LogP contribution in [0.25, 0.3) is 5.76 Å². The first-order valence-corrected chi connectivity index (χ1v) is 9.86. The number of nitrogens with zero attached hydrogens (tertiary/aromatic N) is 2. The van der Waals surface area contributed by atoms with Gasteiger partial charge in [0.05, 0.1) is 17.3 Å². The fourth-order valence-electron chi connectivity index (χ4n) is 3.31. The molecule has 4 rings (SSSR count). The standard InChI is InChI=1S/C22H16F2N2O3S/c1-11-12(2)30-22(25-11)26-18(13-3-7-15(23)8-4-13)17(20(28)21(26)29)19(27)14-5-9-16(24)10-6-14/h3-10,18,27H,1-2H3/b19-17+/t18-/m1/s1. The quantitative estimate of drug-likeness (QED) is 0.376. The minimum atomic E-state index is -0.999. The van der Waals surface area contributed by atoms with Crippen LogP contribution in [0.1, 0.15) is 27.7 Å². The molecule has 0 radical (unpaired) electrons. The van der Waals surface area contributed by atoms with Gasteiger partial charge in [0.25, 0.3) is 5.78 Å². The lowest BCUT2D eigenvalue weighted by atomic mass is 9.95. The lowest BCUT2D eigenvalue weighted by Gasteiger charge is -2.23. The largest absolute Gasteiger partial charge is 0.507 e. The Labute approximate surface area is 174 Å². The molecule has 1 aliphatic heterocycles. The third kappa shape index (κ3) is 3.29. The van der Waals surface area contributed by atoms with Crippen LogP contribution < -0.4 is 4.90 Å². The normalized spacial score (nSPS) is 18.3. The predicted octanol–water partition coefficient (Wildman–Crippen LogP) is 4.66. The Morgan fingerprint density at radius 3 is 2.10 bits per heavy atom. The summed E-state index contributed by atoms with van der Waals surface area (Å²) >= 11 is 1.24. The van der Waals surface area contributed by atoms with Crippen molar-refractivity contribution in [3.05, 3.63) is 87.4 Å². The molecule has 0 spiro atoms. The lowest BCUT2D eigenvalue weighted by molar-refractivity contribution is -0.132. The van der Waals surface area contributed by atoms with Gasteiger partial charge in [0.15, 0.2) is 5.13 Å². The van der Waals surface area contributed by atoms with Crippen molar-refractivity contribution < 1.29 is 23.5 Å². The van der Waals surface area contributed by atoms with Crippen molar-refractivity contribution in [2.45, 2.75) is 19.9 Å².